The lowest BCUT2D eigenvalue weighted by Crippen LogP contribution is -2.50. The van der Waals surface area contributed by atoms with Crippen molar-refractivity contribution in [3.8, 4) is 17.1 Å². The maximum absolute atomic E-state index is 13.9. The minimum atomic E-state index is -4.80. The quantitative estimate of drug-likeness (QED) is 0.275. The molecule has 0 saturated heterocycles. The minimum absolute atomic E-state index is 0.0000610. The van der Waals surface area contributed by atoms with Crippen LogP contribution in [0.1, 0.15) is 39.5 Å². The number of carbonyl (C=O) groups is 2. The number of nitrogen functional groups attached to an aromatic ring is 1. The van der Waals surface area contributed by atoms with Crippen molar-refractivity contribution in [1.82, 2.24) is 29.6 Å². The van der Waals surface area contributed by atoms with Crippen LogP contribution >= 0.6 is 11.6 Å². The minimum Gasteiger partial charge on any atom is -0.397 e. The number of nitrogens with zero attached hydrogens (tertiary/aromatic N) is 5. The van der Waals surface area contributed by atoms with Crippen LogP contribution in [0.3, 0.4) is 0 Å². The van der Waals surface area contributed by atoms with Crippen LogP contribution in [0.25, 0.3) is 17.1 Å². The predicted octanol–water partition coefficient (Wildman–Crippen LogP) is 3.39. The number of carbonyl (C=O) groups excluding carboxylic acids is 2. The van der Waals surface area contributed by atoms with Crippen LogP contribution in [0.4, 0.5) is 24.5 Å². The molecule has 1 fully saturated rings. The molecule has 4 aromatic rings. The second-order valence-corrected chi connectivity index (χ2v) is 9.77. The van der Waals surface area contributed by atoms with Crippen molar-refractivity contribution in [2.45, 2.75) is 31.1 Å². The third-order valence-corrected chi connectivity index (χ3v) is 6.75. The molecule has 1 aromatic carbocycles. The summed E-state index contributed by atoms with van der Waals surface area (Å²) in [6, 6.07) is 7.32. The van der Waals surface area contributed by atoms with Crippen LogP contribution in [-0.2, 0) is 13.2 Å². The van der Waals surface area contributed by atoms with Crippen molar-refractivity contribution < 1.29 is 22.8 Å². The number of hydrogen-bond donors (Lipinski definition) is 4. The molecular weight excluding hydrogens is 551 g/mol. The Hall–Kier alpha value is -4.43. The Morgan fingerprint density at radius 1 is 1.10 bits per heavy atom. The maximum atomic E-state index is 13.9. The Balaban J connectivity index is 1.37. The SMILES string of the molecule is Cn1c(-c2cn(-c3ccc(N)cn3)nc2C(F)(F)F)cnc1C(=O)Nc1ccc(C(=O)NC2CC(N)C2)c(Cl)c1. The lowest BCUT2D eigenvalue weighted by atomic mass is 9.87. The summed E-state index contributed by atoms with van der Waals surface area (Å²) in [6.45, 7) is 0. The Bertz CT molecular complexity index is 1590. The molecule has 11 nitrogen and oxygen atoms in total. The van der Waals surface area contributed by atoms with E-state index in [9.17, 15) is 22.8 Å². The Labute approximate surface area is 230 Å². The number of alkyl halides is 3. The van der Waals surface area contributed by atoms with E-state index in [4.69, 9.17) is 23.1 Å². The van der Waals surface area contributed by atoms with E-state index in [-0.39, 0.29) is 57.2 Å². The van der Waals surface area contributed by atoms with Gasteiger partial charge in [0.2, 0.25) is 0 Å². The predicted molar refractivity (Wildman–Crippen MR) is 141 cm³/mol. The van der Waals surface area contributed by atoms with E-state index in [0.717, 1.165) is 17.1 Å². The molecule has 6 N–H and O–H groups in total. The standard InChI is InChI=1S/C25H23ClF3N9O2/c1-37-19(17-11-38(36-21(17)25(27,28)29)20-5-2-12(30)9-32-20)10-33-22(37)24(40)34-14-3-4-16(18(26)8-14)23(39)35-15-6-13(31)7-15/h2-5,8-11,13,15H,6-7,30-31H2,1H3,(H,34,40)(H,35,39). The third kappa shape index (κ3) is 5.35. The van der Waals surface area contributed by atoms with Crippen LogP contribution < -0.4 is 22.1 Å². The number of benzene rings is 1. The van der Waals surface area contributed by atoms with Crippen LogP contribution in [0, 0.1) is 0 Å². The lowest BCUT2D eigenvalue weighted by molar-refractivity contribution is -0.140. The highest BCUT2D eigenvalue weighted by atomic mass is 35.5. The van der Waals surface area contributed by atoms with E-state index in [0.29, 0.717) is 18.5 Å². The highest BCUT2D eigenvalue weighted by molar-refractivity contribution is 6.34. The first-order valence-corrected chi connectivity index (χ1v) is 12.4. The van der Waals surface area contributed by atoms with Gasteiger partial charge in [-0.1, -0.05) is 11.6 Å². The van der Waals surface area contributed by atoms with E-state index >= 15 is 0 Å². The van der Waals surface area contributed by atoms with Crippen molar-refractivity contribution in [2.24, 2.45) is 12.8 Å². The largest absolute Gasteiger partial charge is 0.435 e. The zero-order valence-electron chi connectivity index (χ0n) is 20.9. The number of nitrogens with two attached hydrogens (primary N) is 2. The van der Waals surface area contributed by atoms with Gasteiger partial charge in [-0.25, -0.2) is 14.6 Å². The van der Waals surface area contributed by atoms with E-state index in [2.05, 4.69) is 25.7 Å². The molecule has 208 valence electrons. The highest BCUT2D eigenvalue weighted by Gasteiger charge is 2.39. The van der Waals surface area contributed by atoms with Gasteiger partial charge in [-0.15, -0.1) is 0 Å². The van der Waals surface area contributed by atoms with Crippen molar-refractivity contribution in [2.75, 3.05) is 11.1 Å². The van der Waals surface area contributed by atoms with Gasteiger partial charge in [0.1, 0.15) is 0 Å². The van der Waals surface area contributed by atoms with E-state index in [1.165, 1.54) is 48.1 Å². The molecule has 1 saturated carbocycles. The molecule has 0 radical (unpaired) electrons. The molecule has 15 heteroatoms. The van der Waals surface area contributed by atoms with Gasteiger partial charge in [0.25, 0.3) is 11.8 Å². The van der Waals surface area contributed by atoms with E-state index in [1.807, 2.05) is 0 Å². The summed E-state index contributed by atoms with van der Waals surface area (Å²) in [4.78, 5) is 33.5. The number of aromatic nitrogens is 5. The first-order valence-electron chi connectivity index (χ1n) is 12.0. The van der Waals surface area contributed by atoms with Gasteiger partial charge < -0.3 is 26.7 Å². The Morgan fingerprint density at radius 3 is 2.48 bits per heavy atom. The second-order valence-electron chi connectivity index (χ2n) is 9.36. The number of nitrogens with one attached hydrogen (secondary N) is 2. The summed E-state index contributed by atoms with van der Waals surface area (Å²) >= 11 is 6.28. The van der Waals surface area contributed by atoms with Gasteiger partial charge in [-0.2, -0.15) is 18.3 Å². The number of pyridine rings is 1. The Morgan fingerprint density at radius 2 is 1.85 bits per heavy atom. The number of hydrogen-bond acceptors (Lipinski definition) is 7. The zero-order chi connectivity index (χ0) is 28.8. The molecule has 0 bridgehead atoms. The molecule has 0 spiro atoms. The molecule has 0 aliphatic heterocycles. The first kappa shape index (κ1) is 27.1. The maximum Gasteiger partial charge on any atom is 0.435 e. The van der Waals surface area contributed by atoms with E-state index in [1.54, 1.807) is 0 Å². The molecule has 1 aliphatic rings. The topological polar surface area (TPSA) is 159 Å². The fourth-order valence-electron chi connectivity index (χ4n) is 4.30. The average Bonchev–Trinajstić information content (AvgIpc) is 3.47. The van der Waals surface area contributed by atoms with Gasteiger partial charge >= 0.3 is 6.18 Å². The fraction of sp³-hybridized carbons (Fsp3) is 0.240. The molecule has 3 aromatic heterocycles. The highest BCUT2D eigenvalue weighted by Crippen LogP contribution is 2.37. The molecule has 5 rings (SSSR count). The zero-order valence-corrected chi connectivity index (χ0v) is 21.7. The van der Waals surface area contributed by atoms with Gasteiger partial charge in [-0.05, 0) is 43.2 Å². The number of anilines is 2. The monoisotopic (exact) mass is 573 g/mol. The van der Waals surface area contributed by atoms with Gasteiger partial charge in [-0.3, -0.25) is 9.59 Å². The Kier molecular flexibility index (Phi) is 6.98. The van der Waals surface area contributed by atoms with Gasteiger partial charge in [0.15, 0.2) is 17.3 Å². The fourth-order valence-corrected chi connectivity index (χ4v) is 4.57. The summed E-state index contributed by atoms with van der Waals surface area (Å²) in [5, 5.41) is 9.23. The van der Waals surface area contributed by atoms with Gasteiger partial charge in [0.05, 0.1) is 39.9 Å². The summed E-state index contributed by atoms with van der Waals surface area (Å²) in [7, 11) is 1.41. The van der Waals surface area contributed by atoms with Crippen molar-refractivity contribution in [3.63, 3.8) is 0 Å². The molecule has 0 atom stereocenters. The van der Waals surface area contributed by atoms with Crippen LogP contribution in [0.15, 0.2) is 48.9 Å². The second kappa shape index (κ2) is 10.3. The first-order chi connectivity index (χ1) is 18.9. The molecular formula is C25H23ClF3N9O2. The average molecular weight is 574 g/mol. The van der Waals surface area contributed by atoms with Crippen molar-refractivity contribution in [1.29, 1.82) is 0 Å². The number of halogens is 4. The van der Waals surface area contributed by atoms with Crippen LogP contribution in [0.2, 0.25) is 5.02 Å². The molecule has 40 heavy (non-hydrogen) atoms. The van der Waals surface area contributed by atoms with E-state index < -0.39 is 17.8 Å². The normalized spacial score (nSPS) is 16.9. The van der Waals surface area contributed by atoms with Gasteiger partial charge in [0, 0.05) is 31.0 Å². The number of amides is 2. The van der Waals surface area contributed by atoms with Crippen LogP contribution in [-0.4, -0.2) is 48.2 Å². The number of rotatable bonds is 6. The van der Waals surface area contributed by atoms with Crippen molar-refractivity contribution in [3.05, 3.63) is 71.0 Å². The van der Waals surface area contributed by atoms with Crippen LogP contribution in [0.5, 0.6) is 0 Å². The molecule has 3 heterocycles. The summed E-state index contributed by atoms with van der Waals surface area (Å²) in [6.07, 6.45) is 0.178. The third-order valence-electron chi connectivity index (χ3n) is 6.44. The summed E-state index contributed by atoms with van der Waals surface area (Å²) < 4.78 is 43.8. The molecule has 0 unspecified atom stereocenters. The van der Waals surface area contributed by atoms with Crippen molar-refractivity contribution >= 4 is 34.8 Å². The smallest absolute Gasteiger partial charge is 0.397 e. The molecule has 1 aliphatic carbocycles. The lowest BCUT2D eigenvalue weighted by Gasteiger charge is -2.33. The number of imidazole rings is 1. The summed E-state index contributed by atoms with van der Waals surface area (Å²) in [5.74, 6) is -1.10. The molecule has 2 amide bonds. The summed E-state index contributed by atoms with van der Waals surface area (Å²) in [5.41, 5.74) is 10.7.